The van der Waals surface area contributed by atoms with Crippen LogP contribution in [-0.2, 0) is 29.9 Å². The summed E-state index contributed by atoms with van der Waals surface area (Å²) in [7, 11) is -5.17. The Morgan fingerprint density at radius 2 is 1.36 bits per heavy atom. The molecule has 0 radical (unpaired) electrons. The van der Waals surface area contributed by atoms with Crippen molar-refractivity contribution in [3.63, 3.8) is 0 Å². The van der Waals surface area contributed by atoms with Crippen molar-refractivity contribution < 1.29 is 47.2 Å². The minimum Gasteiger partial charge on any atom is -0.759 e. The van der Waals surface area contributed by atoms with Crippen LogP contribution in [0.4, 0.5) is 0 Å². The van der Waals surface area contributed by atoms with Crippen molar-refractivity contribution in [3.8, 4) is 11.5 Å². The Morgan fingerprint density at radius 3 is 1.50 bits per heavy atom. The number of rotatable bonds is 0. The minimum atomic E-state index is -5.17. The molecule has 1 rings (SSSR count). The van der Waals surface area contributed by atoms with Crippen LogP contribution in [0.2, 0.25) is 0 Å². The van der Waals surface area contributed by atoms with E-state index in [1.165, 1.54) is 18.2 Å². The van der Waals surface area contributed by atoms with Crippen molar-refractivity contribution in [2.75, 3.05) is 0 Å². The first-order valence-corrected chi connectivity index (χ1v) is 4.27. The van der Waals surface area contributed by atoms with Gasteiger partial charge in [-0.05, 0) is 12.1 Å². The fourth-order valence-electron chi connectivity index (χ4n) is 0.493. The standard InChI is InChI=1S/C6H6O2.H2O4S.Zn/c7-5-2-1-3-6(8)4-5;1-5(2,3)4;/h1-4,7-8H;(H2,1,2,3,4);/q;;+2/p-2. The first-order chi connectivity index (χ1) is 5.79. The molecule has 8 heteroatoms. The molecule has 1 aromatic rings. The Balaban J connectivity index is 0. The topological polar surface area (TPSA) is 121 Å². The summed E-state index contributed by atoms with van der Waals surface area (Å²) in [5, 5.41) is 17.3. The number of hydrogen-bond donors (Lipinski definition) is 2. The maximum atomic E-state index is 8.65. The average molecular weight is 272 g/mol. The van der Waals surface area contributed by atoms with Gasteiger partial charge in [0.25, 0.3) is 0 Å². The zero-order valence-electron chi connectivity index (χ0n) is 6.95. The van der Waals surface area contributed by atoms with Gasteiger partial charge in [-0.2, -0.15) is 0 Å². The van der Waals surface area contributed by atoms with E-state index in [0.717, 1.165) is 0 Å². The quantitative estimate of drug-likeness (QED) is 0.381. The Labute approximate surface area is 93.5 Å². The summed E-state index contributed by atoms with van der Waals surface area (Å²) >= 11 is 0. The Morgan fingerprint density at radius 1 is 1.07 bits per heavy atom. The van der Waals surface area contributed by atoms with Crippen LogP contribution < -0.4 is 0 Å². The molecule has 0 aliphatic heterocycles. The van der Waals surface area contributed by atoms with Crippen LogP contribution in [0.1, 0.15) is 0 Å². The van der Waals surface area contributed by atoms with Crippen LogP contribution in [0, 0.1) is 0 Å². The molecule has 0 amide bonds. The van der Waals surface area contributed by atoms with Gasteiger partial charge in [0.2, 0.25) is 0 Å². The molecule has 0 aliphatic rings. The second-order valence-corrected chi connectivity index (χ2v) is 2.74. The van der Waals surface area contributed by atoms with Gasteiger partial charge in [-0.3, -0.25) is 8.42 Å². The van der Waals surface area contributed by atoms with E-state index in [1.54, 1.807) is 6.07 Å². The summed E-state index contributed by atoms with van der Waals surface area (Å²) in [4.78, 5) is 0. The molecule has 6 nitrogen and oxygen atoms in total. The van der Waals surface area contributed by atoms with Crippen molar-refractivity contribution >= 4 is 10.4 Å². The zero-order valence-corrected chi connectivity index (χ0v) is 10.7. The third-order valence-corrected chi connectivity index (χ3v) is 0.830. The molecule has 14 heavy (non-hydrogen) atoms. The first kappa shape index (κ1) is 15.8. The van der Waals surface area contributed by atoms with Gasteiger partial charge in [0, 0.05) is 16.5 Å². The van der Waals surface area contributed by atoms with E-state index >= 15 is 0 Å². The van der Waals surface area contributed by atoms with Crippen molar-refractivity contribution in [1.29, 1.82) is 0 Å². The average Bonchev–Trinajstić information content (AvgIpc) is 1.81. The Kier molecular flexibility index (Phi) is 7.57. The van der Waals surface area contributed by atoms with Crippen LogP contribution in [0.3, 0.4) is 0 Å². The van der Waals surface area contributed by atoms with E-state index in [4.69, 9.17) is 27.7 Å². The molecule has 0 spiro atoms. The number of benzene rings is 1. The second kappa shape index (κ2) is 6.72. The van der Waals surface area contributed by atoms with Crippen LogP contribution in [0.25, 0.3) is 0 Å². The third-order valence-electron chi connectivity index (χ3n) is 0.830. The number of hydrogen-bond acceptors (Lipinski definition) is 6. The van der Waals surface area contributed by atoms with Crippen molar-refractivity contribution in [2.24, 2.45) is 0 Å². The van der Waals surface area contributed by atoms with Crippen LogP contribution >= 0.6 is 0 Å². The molecule has 0 heterocycles. The SMILES string of the molecule is O=S(=O)([O-])[O-].Oc1cccc(O)c1.[Zn+2]. The van der Waals surface area contributed by atoms with Gasteiger partial charge in [-0.1, -0.05) is 6.07 Å². The zero-order chi connectivity index (χ0) is 10.5. The molecule has 0 fully saturated rings. The minimum absolute atomic E-state index is 0. The third kappa shape index (κ3) is 13.9. The predicted octanol–water partition coefficient (Wildman–Crippen LogP) is -0.243. The summed E-state index contributed by atoms with van der Waals surface area (Å²) in [5.74, 6) is 0.176. The van der Waals surface area contributed by atoms with Gasteiger partial charge in [0.1, 0.15) is 11.5 Å². The second-order valence-electron chi connectivity index (χ2n) is 1.93. The van der Waals surface area contributed by atoms with E-state index in [1.807, 2.05) is 0 Å². The molecular weight excluding hydrogens is 266 g/mol. The number of phenols is 2. The van der Waals surface area contributed by atoms with Gasteiger partial charge in [-0.25, -0.2) is 0 Å². The molecule has 0 aromatic heterocycles. The van der Waals surface area contributed by atoms with Gasteiger partial charge in [-0.15, -0.1) is 0 Å². The molecule has 0 aliphatic carbocycles. The van der Waals surface area contributed by atoms with Crippen molar-refractivity contribution in [3.05, 3.63) is 24.3 Å². The van der Waals surface area contributed by atoms with Crippen LogP contribution in [-0.4, -0.2) is 27.7 Å². The molecule has 74 valence electrons. The molecule has 0 atom stereocenters. The van der Waals surface area contributed by atoms with Crippen molar-refractivity contribution in [1.82, 2.24) is 0 Å². The van der Waals surface area contributed by atoms with Crippen LogP contribution in [0.5, 0.6) is 11.5 Å². The summed E-state index contributed by atoms with van der Waals surface area (Å²) < 4.78 is 34.1. The number of phenolic OH excluding ortho intramolecular Hbond substituents is 2. The Bertz CT molecular complexity index is 337. The summed E-state index contributed by atoms with van der Waals surface area (Å²) in [6, 6.07) is 5.85. The first-order valence-electron chi connectivity index (χ1n) is 2.94. The summed E-state index contributed by atoms with van der Waals surface area (Å²) in [5.41, 5.74) is 0. The normalized spacial score (nSPS) is 9.29. The maximum Gasteiger partial charge on any atom is 2.00 e. The molecule has 1 aromatic carbocycles. The molecular formula is C6H6O6SZn. The summed E-state index contributed by atoms with van der Waals surface area (Å²) in [6.07, 6.45) is 0. The molecule has 0 bridgehead atoms. The predicted molar refractivity (Wildman–Crippen MR) is 40.2 cm³/mol. The van der Waals surface area contributed by atoms with E-state index in [0.29, 0.717) is 0 Å². The Hall–Kier alpha value is -0.687. The molecule has 2 N–H and O–H groups in total. The van der Waals surface area contributed by atoms with E-state index in [9.17, 15) is 0 Å². The van der Waals surface area contributed by atoms with E-state index in [-0.39, 0.29) is 31.0 Å². The van der Waals surface area contributed by atoms with Gasteiger partial charge < -0.3 is 19.3 Å². The van der Waals surface area contributed by atoms with Crippen molar-refractivity contribution in [2.45, 2.75) is 0 Å². The fourth-order valence-corrected chi connectivity index (χ4v) is 0.493. The monoisotopic (exact) mass is 270 g/mol. The van der Waals surface area contributed by atoms with Gasteiger partial charge in [0.05, 0.1) is 0 Å². The van der Waals surface area contributed by atoms with Gasteiger partial charge in [0.15, 0.2) is 0 Å². The number of aromatic hydroxyl groups is 2. The van der Waals surface area contributed by atoms with Crippen LogP contribution in [0.15, 0.2) is 24.3 Å². The largest absolute Gasteiger partial charge is 2.00 e. The summed E-state index contributed by atoms with van der Waals surface area (Å²) in [6.45, 7) is 0. The van der Waals surface area contributed by atoms with E-state index < -0.39 is 10.4 Å². The molecule has 0 saturated carbocycles. The van der Waals surface area contributed by atoms with Gasteiger partial charge >= 0.3 is 19.5 Å². The van der Waals surface area contributed by atoms with E-state index in [2.05, 4.69) is 0 Å². The fraction of sp³-hybridized carbons (Fsp3) is 0. The molecule has 0 unspecified atom stereocenters. The maximum absolute atomic E-state index is 8.65. The molecule has 0 saturated heterocycles. The smallest absolute Gasteiger partial charge is 0.759 e.